The first-order valence-corrected chi connectivity index (χ1v) is 6.85. The van der Waals surface area contributed by atoms with Gasteiger partial charge in [-0.3, -0.25) is 0 Å². The van der Waals surface area contributed by atoms with Crippen LogP contribution in [0.15, 0.2) is 24.3 Å². The maximum absolute atomic E-state index is 5.96. The highest BCUT2D eigenvalue weighted by molar-refractivity contribution is 5.46. The number of anilines is 1. The zero-order valence-corrected chi connectivity index (χ0v) is 10.9. The van der Waals surface area contributed by atoms with Crippen LogP contribution in [0.1, 0.15) is 31.7 Å². The van der Waals surface area contributed by atoms with Crippen LogP contribution < -0.4 is 5.73 Å². The summed E-state index contributed by atoms with van der Waals surface area (Å²) in [6, 6.07) is 8.23. The van der Waals surface area contributed by atoms with Gasteiger partial charge in [-0.2, -0.15) is 0 Å². The first-order valence-electron chi connectivity index (χ1n) is 6.85. The van der Waals surface area contributed by atoms with Gasteiger partial charge in [0.15, 0.2) is 0 Å². The molecule has 0 amide bonds. The molecule has 1 aromatic rings. The Labute approximate surface area is 105 Å². The number of para-hydroxylation sites is 1. The van der Waals surface area contributed by atoms with E-state index >= 15 is 0 Å². The Kier molecular flexibility index (Phi) is 4.43. The maximum atomic E-state index is 5.96. The van der Waals surface area contributed by atoms with Crippen molar-refractivity contribution >= 4 is 5.69 Å². The van der Waals surface area contributed by atoms with Crippen molar-refractivity contribution in [2.45, 2.75) is 32.6 Å². The van der Waals surface area contributed by atoms with Crippen molar-refractivity contribution < 1.29 is 0 Å². The fraction of sp³-hybridized carbons (Fsp3) is 0.600. The number of rotatable bonds is 5. The smallest absolute Gasteiger partial charge is 0.0347 e. The Morgan fingerprint density at radius 3 is 2.94 bits per heavy atom. The summed E-state index contributed by atoms with van der Waals surface area (Å²) in [6.07, 6.45) is 5.19. The van der Waals surface area contributed by atoms with E-state index in [4.69, 9.17) is 5.73 Å². The normalized spacial score (nSPS) is 20.9. The minimum atomic E-state index is 0.938. The van der Waals surface area contributed by atoms with Gasteiger partial charge in [0.2, 0.25) is 0 Å². The second-order valence-corrected chi connectivity index (χ2v) is 5.19. The van der Waals surface area contributed by atoms with Crippen molar-refractivity contribution in [1.82, 2.24) is 4.90 Å². The second-order valence-electron chi connectivity index (χ2n) is 5.19. The van der Waals surface area contributed by atoms with Crippen LogP contribution in [0.2, 0.25) is 0 Å². The van der Waals surface area contributed by atoms with Gasteiger partial charge in [-0.1, -0.05) is 31.5 Å². The zero-order chi connectivity index (χ0) is 12.1. The molecular formula is C15H24N2. The van der Waals surface area contributed by atoms with Crippen LogP contribution in [0.5, 0.6) is 0 Å². The molecule has 2 heteroatoms. The summed E-state index contributed by atoms with van der Waals surface area (Å²) in [7, 11) is 0. The number of nitrogens with zero attached hydrogens (tertiary/aromatic N) is 1. The van der Waals surface area contributed by atoms with Crippen LogP contribution in [0, 0.1) is 5.92 Å². The summed E-state index contributed by atoms with van der Waals surface area (Å²) in [6.45, 7) is 6.01. The molecule has 0 aromatic heterocycles. The van der Waals surface area contributed by atoms with Crippen molar-refractivity contribution in [2.75, 3.05) is 25.4 Å². The van der Waals surface area contributed by atoms with Gasteiger partial charge in [0.05, 0.1) is 0 Å². The Morgan fingerprint density at radius 2 is 2.18 bits per heavy atom. The summed E-state index contributed by atoms with van der Waals surface area (Å²) >= 11 is 0. The highest BCUT2D eigenvalue weighted by Crippen LogP contribution is 2.21. The molecule has 1 atom stereocenters. The van der Waals surface area contributed by atoms with E-state index in [2.05, 4.69) is 24.0 Å². The summed E-state index contributed by atoms with van der Waals surface area (Å²) in [5, 5.41) is 0. The fourth-order valence-electron chi connectivity index (χ4n) is 2.80. The molecule has 17 heavy (non-hydrogen) atoms. The van der Waals surface area contributed by atoms with Crippen LogP contribution in [-0.2, 0) is 6.42 Å². The maximum Gasteiger partial charge on any atom is 0.0347 e. The molecule has 1 unspecified atom stereocenters. The largest absolute Gasteiger partial charge is 0.399 e. The molecular weight excluding hydrogens is 208 g/mol. The summed E-state index contributed by atoms with van der Waals surface area (Å²) in [4.78, 5) is 2.59. The third-order valence-electron chi connectivity index (χ3n) is 3.82. The lowest BCUT2D eigenvalue weighted by Gasteiger charge is -2.16. The van der Waals surface area contributed by atoms with Gasteiger partial charge in [-0.05, 0) is 43.4 Å². The van der Waals surface area contributed by atoms with Crippen molar-refractivity contribution in [3.63, 3.8) is 0 Å². The molecule has 0 radical (unpaired) electrons. The van der Waals surface area contributed by atoms with Gasteiger partial charge in [-0.15, -0.1) is 0 Å². The molecule has 1 aliphatic rings. The van der Waals surface area contributed by atoms with E-state index in [1.165, 1.54) is 37.9 Å². The molecule has 1 heterocycles. The van der Waals surface area contributed by atoms with Crippen LogP contribution in [0.3, 0.4) is 0 Å². The van der Waals surface area contributed by atoms with E-state index in [1.54, 1.807) is 0 Å². The third kappa shape index (κ3) is 3.47. The van der Waals surface area contributed by atoms with Crippen LogP contribution in [0.25, 0.3) is 0 Å². The Hall–Kier alpha value is -1.02. The van der Waals surface area contributed by atoms with Crippen molar-refractivity contribution in [3.8, 4) is 0 Å². The third-order valence-corrected chi connectivity index (χ3v) is 3.82. The minimum Gasteiger partial charge on any atom is -0.399 e. The first kappa shape index (κ1) is 12.4. The topological polar surface area (TPSA) is 29.3 Å². The molecule has 1 saturated heterocycles. The van der Waals surface area contributed by atoms with Crippen LogP contribution in [0.4, 0.5) is 5.69 Å². The lowest BCUT2D eigenvalue weighted by Crippen LogP contribution is -2.23. The lowest BCUT2D eigenvalue weighted by molar-refractivity contribution is 0.324. The van der Waals surface area contributed by atoms with Crippen molar-refractivity contribution in [2.24, 2.45) is 5.92 Å². The molecule has 2 N–H and O–H groups in total. The fourth-order valence-corrected chi connectivity index (χ4v) is 2.80. The Bertz CT molecular complexity index is 349. The highest BCUT2D eigenvalue weighted by Gasteiger charge is 2.21. The SMILES string of the molecule is CCCC1CCN(CCc2ccccc2N)C1. The zero-order valence-electron chi connectivity index (χ0n) is 10.9. The van der Waals surface area contributed by atoms with Gasteiger partial charge in [0, 0.05) is 18.8 Å². The molecule has 1 fully saturated rings. The lowest BCUT2D eigenvalue weighted by atomic mass is 10.0. The minimum absolute atomic E-state index is 0.938. The van der Waals surface area contributed by atoms with E-state index in [0.717, 1.165) is 24.6 Å². The average molecular weight is 232 g/mol. The van der Waals surface area contributed by atoms with Crippen molar-refractivity contribution in [1.29, 1.82) is 0 Å². The van der Waals surface area contributed by atoms with Gasteiger partial charge in [0.25, 0.3) is 0 Å². The number of hydrogen-bond acceptors (Lipinski definition) is 2. The van der Waals surface area contributed by atoms with E-state index in [9.17, 15) is 0 Å². The second kappa shape index (κ2) is 6.06. The molecule has 0 spiro atoms. The van der Waals surface area contributed by atoms with E-state index in [1.807, 2.05) is 12.1 Å². The molecule has 0 saturated carbocycles. The Morgan fingerprint density at radius 1 is 1.35 bits per heavy atom. The van der Waals surface area contributed by atoms with E-state index in [-0.39, 0.29) is 0 Å². The number of nitrogen functional groups attached to an aromatic ring is 1. The standard InChI is InChI=1S/C15H24N2/c1-2-5-13-8-10-17(12-13)11-9-14-6-3-4-7-15(14)16/h3-4,6-7,13H,2,5,8-12,16H2,1H3. The van der Waals surface area contributed by atoms with Gasteiger partial charge in [0.1, 0.15) is 0 Å². The van der Waals surface area contributed by atoms with E-state index < -0.39 is 0 Å². The van der Waals surface area contributed by atoms with Gasteiger partial charge < -0.3 is 10.6 Å². The first-order chi connectivity index (χ1) is 8.29. The molecule has 2 rings (SSSR count). The summed E-state index contributed by atoms with van der Waals surface area (Å²) < 4.78 is 0. The monoisotopic (exact) mass is 232 g/mol. The summed E-state index contributed by atoms with van der Waals surface area (Å²) in [5.74, 6) is 0.938. The van der Waals surface area contributed by atoms with Crippen LogP contribution >= 0.6 is 0 Å². The predicted octanol–water partition coefficient (Wildman–Crippen LogP) is 2.93. The van der Waals surface area contributed by atoms with E-state index in [0.29, 0.717) is 0 Å². The molecule has 1 aromatic carbocycles. The molecule has 94 valence electrons. The number of likely N-dealkylation sites (tertiary alicyclic amines) is 1. The van der Waals surface area contributed by atoms with Crippen LogP contribution in [-0.4, -0.2) is 24.5 Å². The predicted molar refractivity (Wildman–Crippen MR) is 74.0 cm³/mol. The van der Waals surface area contributed by atoms with Gasteiger partial charge >= 0.3 is 0 Å². The molecule has 1 aliphatic heterocycles. The van der Waals surface area contributed by atoms with Gasteiger partial charge in [-0.25, -0.2) is 0 Å². The number of hydrogen-bond donors (Lipinski definition) is 1. The summed E-state index contributed by atoms with van der Waals surface area (Å²) in [5.41, 5.74) is 8.20. The number of nitrogens with two attached hydrogens (primary N) is 1. The average Bonchev–Trinajstić information content (AvgIpc) is 2.76. The number of benzene rings is 1. The quantitative estimate of drug-likeness (QED) is 0.791. The molecule has 0 bridgehead atoms. The molecule has 0 aliphatic carbocycles. The molecule has 2 nitrogen and oxygen atoms in total. The highest BCUT2D eigenvalue weighted by atomic mass is 15.1. The Balaban J connectivity index is 1.78. The van der Waals surface area contributed by atoms with Crippen molar-refractivity contribution in [3.05, 3.63) is 29.8 Å².